The van der Waals surface area contributed by atoms with E-state index in [9.17, 15) is 23.3 Å². The van der Waals surface area contributed by atoms with Gasteiger partial charge in [-0.1, -0.05) is 54.6 Å². The van der Waals surface area contributed by atoms with Crippen molar-refractivity contribution in [1.82, 2.24) is 3.97 Å². The molecule has 1 aromatic heterocycles. The summed E-state index contributed by atoms with van der Waals surface area (Å²) in [5.41, 5.74) is 1.84. The Labute approximate surface area is 196 Å². The van der Waals surface area contributed by atoms with Crippen molar-refractivity contribution < 1.29 is 22.9 Å². The highest BCUT2D eigenvalue weighted by Gasteiger charge is 2.23. The molecule has 4 rings (SSSR count). The molecule has 0 saturated heterocycles. The van der Waals surface area contributed by atoms with Crippen LogP contribution in [0.5, 0.6) is 0 Å². The van der Waals surface area contributed by atoms with E-state index in [0.717, 1.165) is 26.6 Å². The van der Waals surface area contributed by atoms with Crippen molar-refractivity contribution in [2.45, 2.75) is 30.8 Å². The molecule has 4 aromatic rings. The highest BCUT2D eigenvalue weighted by Crippen LogP contribution is 2.28. The number of benzene rings is 3. The van der Waals surface area contributed by atoms with Crippen LogP contribution >= 0.6 is 0 Å². The predicted molar refractivity (Wildman–Crippen MR) is 127 cm³/mol. The predicted octanol–water partition coefficient (Wildman–Crippen LogP) is 4.85. The third kappa shape index (κ3) is 4.99. The van der Waals surface area contributed by atoms with Gasteiger partial charge in [0.2, 0.25) is 0 Å². The fraction of sp³-hybridized carbons (Fsp3) is 0.160. The van der Waals surface area contributed by atoms with Crippen molar-refractivity contribution in [3.8, 4) is 0 Å². The van der Waals surface area contributed by atoms with Gasteiger partial charge in [0.1, 0.15) is 6.61 Å². The van der Waals surface area contributed by atoms with E-state index in [1.165, 1.54) is 24.4 Å². The van der Waals surface area contributed by atoms with Gasteiger partial charge in [0.05, 0.1) is 15.3 Å². The molecular weight excluding hydrogens is 456 g/mol. The Bertz CT molecular complexity index is 1440. The van der Waals surface area contributed by atoms with Crippen LogP contribution in [0.1, 0.15) is 24.0 Å². The molecular formula is C25H22N2O6S. The highest BCUT2D eigenvalue weighted by atomic mass is 32.2. The van der Waals surface area contributed by atoms with Crippen LogP contribution in [0.15, 0.2) is 90.0 Å². The molecule has 0 saturated carbocycles. The summed E-state index contributed by atoms with van der Waals surface area (Å²) >= 11 is 0. The number of ether oxygens (including phenoxy) is 1. The number of hydrogen-bond donors (Lipinski definition) is 0. The summed E-state index contributed by atoms with van der Waals surface area (Å²) in [7, 11) is -4.06. The number of carbonyl (C=O) groups excluding carboxylic acids is 1. The summed E-state index contributed by atoms with van der Waals surface area (Å²) < 4.78 is 33.1. The fourth-order valence-corrected chi connectivity index (χ4v) is 5.15. The average Bonchev–Trinajstić information content (AvgIpc) is 3.23. The Morgan fingerprint density at radius 2 is 1.71 bits per heavy atom. The molecule has 0 atom stereocenters. The maximum atomic E-state index is 13.3. The lowest BCUT2D eigenvalue weighted by molar-refractivity contribution is -0.385. The van der Waals surface area contributed by atoms with Crippen LogP contribution in [0.3, 0.4) is 0 Å². The molecule has 0 bridgehead atoms. The Morgan fingerprint density at radius 3 is 2.47 bits per heavy atom. The van der Waals surface area contributed by atoms with Crippen LogP contribution in [-0.4, -0.2) is 23.3 Å². The Morgan fingerprint density at radius 1 is 0.971 bits per heavy atom. The molecule has 0 aliphatic carbocycles. The summed E-state index contributed by atoms with van der Waals surface area (Å²) in [5, 5.41) is 11.8. The second kappa shape index (κ2) is 9.88. The second-order valence-corrected chi connectivity index (χ2v) is 9.54. The maximum Gasteiger partial charge on any atom is 0.306 e. The number of nitrogens with zero attached hydrogens (tertiary/aromatic N) is 2. The van der Waals surface area contributed by atoms with Crippen LogP contribution in [0.25, 0.3) is 10.9 Å². The molecule has 0 amide bonds. The molecule has 1 heterocycles. The van der Waals surface area contributed by atoms with Crippen molar-refractivity contribution in [3.05, 3.63) is 106 Å². The molecule has 0 spiro atoms. The third-order valence-electron chi connectivity index (χ3n) is 5.42. The molecule has 174 valence electrons. The lowest BCUT2D eigenvalue weighted by Crippen LogP contribution is -2.12. The maximum absolute atomic E-state index is 13.3. The Balaban J connectivity index is 1.51. The SMILES string of the molecule is O=C(CCCc1cn(S(=O)(=O)c2cccc([N+](=O)[O-])c2)c2ccccc12)OCc1ccccc1. The number of rotatable bonds is 9. The summed E-state index contributed by atoms with van der Waals surface area (Å²) in [4.78, 5) is 22.4. The minimum Gasteiger partial charge on any atom is -0.461 e. The molecule has 0 unspecified atom stereocenters. The van der Waals surface area contributed by atoms with Gasteiger partial charge in [-0.2, -0.15) is 0 Å². The first-order chi connectivity index (χ1) is 16.4. The van der Waals surface area contributed by atoms with Gasteiger partial charge in [-0.05, 0) is 36.1 Å². The second-order valence-electron chi connectivity index (χ2n) is 7.73. The molecule has 8 nitrogen and oxygen atoms in total. The van der Waals surface area contributed by atoms with Gasteiger partial charge in [-0.25, -0.2) is 12.4 Å². The molecule has 3 aromatic carbocycles. The zero-order valence-corrected chi connectivity index (χ0v) is 19.0. The molecule has 0 aliphatic heterocycles. The summed E-state index contributed by atoms with van der Waals surface area (Å²) in [6, 6.07) is 21.4. The van der Waals surface area contributed by atoms with Crippen molar-refractivity contribution in [2.24, 2.45) is 0 Å². The smallest absolute Gasteiger partial charge is 0.306 e. The number of nitro groups is 1. The molecule has 0 aliphatic rings. The van der Waals surface area contributed by atoms with Crippen LogP contribution in [0, 0.1) is 10.1 Å². The van der Waals surface area contributed by atoms with Gasteiger partial charge >= 0.3 is 5.97 Å². The summed E-state index contributed by atoms with van der Waals surface area (Å²) in [5.74, 6) is -0.322. The van der Waals surface area contributed by atoms with E-state index in [-0.39, 0.29) is 29.6 Å². The van der Waals surface area contributed by atoms with E-state index < -0.39 is 14.9 Å². The molecule has 0 radical (unpaired) electrons. The number of hydrogen-bond acceptors (Lipinski definition) is 6. The van der Waals surface area contributed by atoms with Crippen molar-refractivity contribution >= 4 is 32.6 Å². The number of nitro benzene ring substituents is 1. The number of non-ortho nitro benzene ring substituents is 1. The number of carbonyl (C=O) groups is 1. The van der Waals surface area contributed by atoms with Crippen LogP contribution < -0.4 is 0 Å². The first-order valence-corrected chi connectivity index (χ1v) is 12.1. The van der Waals surface area contributed by atoms with Gasteiger partial charge in [0.15, 0.2) is 0 Å². The fourth-order valence-electron chi connectivity index (χ4n) is 3.72. The van der Waals surface area contributed by atoms with E-state index in [2.05, 4.69) is 0 Å². The Kier molecular flexibility index (Phi) is 6.74. The molecule has 9 heteroatoms. The highest BCUT2D eigenvalue weighted by molar-refractivity contribution is 7.90. The van der Waals surface area contributed by atoms with Gasteiger partial charge in [0, 0.05) is 30.1 Å². The number of aromatic nitrogens is 1. The summed E-state index contributed by atoms with van der Waals surface area (Å²) in [6.07, 6.45) is 2.68. The quantitative estimate of drug-likeness (QED) is 0.193. The first-order valence-electron chi connectivity index (χ1n) is 10.6. The van der Waals surface area contributed by atoms with E-state index in [0.29, 0.717) is 18.4 Å². The van der Waals surface area contributed by atoms with Gasteiger partial charge < -0.3 is 4.74 Å². The monoisotopic (exact) mass is 478 g/mol. The van der Waals surface area contributed by atoms with Gasteiger partial charge in [-0.3, -0.25) is 14.9 Å². The Hall–Kier alpha value is -3.98. The van der Waals surface area contributed by atoms with Crippen molar-refractivity contribution in [2.75, 3.05) is 0 Å². The largest absolute Gasteiger partial charge is 0.461 e. The lowest BCUT2D eigenvalue weighted by Gasteiger charge is -2.07. The van der Waals surface area contributed by atoms with E-state index >= 15 is 0 Å². The number of esters is 1. The topological polar surface area (TPSA) is 109 Å². The standard InChI is InChI=1S/C25H22N2O6S/c28-25(33-18-19-8-2-1-3-9-19)15-6-10-20-17-26(24-14-5-4-13-23(20)24)34(31,32)22-12-7-11-21(16-22)27(29)30/h1-5,7-9,11-14,16-17H,6,10,15,18H2. The molecule has 0 N–H and O–H groups in total. The molecule has 34 heavy (non-hydrogen) atoms. The number of para-hydroxylation sites is 1. The molecule has 0 fully saturated rings. The lowest BCUT2D eigenvalue weighted by atomic mass is 10.1. The van der Waals surface area contributed by atoms with Crippen LogP contribution in [-0.2, 0) is 32.6 Å². The van der Waals surface area contributed by atoms with Crippen LogP contribution in [0.2, 0.25) is 0 Å². The van der Waals surface area contributed by atoms with Crippen molar-refractivity contribution in [1.29, 1.82) is 0 Å². The zero-order valence-electron chi connectivity index (χ0n) is 18.2. The van der Waals surface area contributed by atoms with E-state index in [4.69, 9.17) is 4.74 Å². The van der Waals surface area contributed by atoms with Gasteiger partial charge in [0.25, 0.3) is 15.7 Å². The van der Waals surface area contributed by atoms with Crippen LogP contribution in [0.4, 0.5) is 5.69 Å². The first kappa shape index (κ1) is 23.2. The zero-order chi connectivity index (χ0) is 24.1. The van der Waals surface area contributed by atoms with Gasteiger partial charge in [-0.15, -0.1) is 0 Å². The third-order valence-corrected chi connectivity index (χ3v) is 7.09. The minimum absolute atomic E-state index is 0.168. The number of fused-ring (bicyclic) bond motifs is 1. The van der Waals surface area contributed by atoms with E-state index in [1.54, 1.807) is 12.1 Å². The minimum atomic E-state index is -4.06. The normalized spacial score (nSPS) is 11.4. The summed E-state index contributed by atoms with van der Waals surface area (Å²) in [6.45, 7) is 0.209. The average molecular weight is 479 g/mol. The van der Waals surface area contributed by atoms with Crippen molar-refractivity contribution in [3.63, 3.8) is 0 Å². The van der Waals surface area contributed by atoms with E-state index in [1.807, 2.05) is 42.5 Å². The number of aryl methyl sites for hydroxylation is 1.